The molecule has 4 heteroatoms. The summed E-state index contributed by atoms with van der Waals surface area (Å²) >= 11 is 0. The van der Waals surface area contributed by atoms with Crippen LogP contribution in [0, 0.1) is 11.5 Å². The molecule has 0 atom stereocenters. The van der Waals surface area contributed by atoms with Crippen LogP contribution in [0.1, 0.15) is 54.0 Å². The van der Waals surface area contributed by atoms with Gasteiger partial charge >= 0.3 is 7.12 Å². The summed E-state index contributed by atoms with van der Waals surface area (Å²) in [7, 11) is -1.69. The van der Waals surface area contributed by atoms with E-state index in [0.717, 1.165) is 11.0 Å². The molecule has 1 heterocycles. The molecule has 2 nitrogen and oxygen atoms in total. The second kappa shape index (κ2) is 7.08. The van der Waals surface area contributed by atoms with Crippen molar-refractivity contribution in [1.29, 1.82) is 0 Å². The Balaban J connectivity index is 2.16. The zero-order chi connectivity index (χ0) is 18.0. The van der Waals surface area contributed by atoms with Crippen LogP contribution in [-0.2, 0) is 9.31 Å². The second-order valence-corrected chi connectivity index (χ2v) is 12.7. The molecular weight excluding hydrogens is 311 g/mol. The predicted octanol–water partition coefficient (Wildman–Crippen LogP) is 4.39. The number of benzene rings is 1. The lowest BCUT2D eigenvalue weighted by Gasteiger charge is -2.32. The van der Waals surface area contributed by atoms with Crippen molar-refractivity contribution in [2.24, 2.45) is 0 Å². The Morgan fingerprint density at radius 2 is 1.33 bits per heavy atom. The zero-order valence-corrected chi connectivity index (χ0v) is 17.3. The molecule has 0 spiro atoms. The first-order chi connectivity index (χ1) is 11.2. The highest BCUT2D eigenvalue weighted by atomic mass is 28.3. The largest absolute Gasteiger partial charge is 0.494 e. The van der Waals surface area contributed by atoms with Crippen LogP contribution in [0.5, 0.6) is 0 Å². The van der Waals surface area contributed by atoms with Crippen molar-refractivity contribution in [1.82, 2.24) is 0 Å². The zero-order valence-electron chi connectivity index (χ0n) is 16.3. The molecule has 0 aromatic heterocycles. The van der Waals surface area contributed by atoms with Gasteiger partial charge in [0.05, 0.1) is 11.2 Å². The van der Waals surface area contributed by atoms with Gasteiger partial charge < -0.3 is 9.31 Å². The quantitative estimate of drug-likeness (QED) is 0.597. The maximum absolute atomic E-state index is 6.10. The molecule has 1 fully saturated rings. The molecule has 0 radical (unpaired) electrons. The second-order valence-electron chi connectivity index (χ2n) is 7.80. The minimum Gasteiger partial charge on any atom is -0.399 e. The maximum atomic E-state index is 6.10. The normalized spacial score (nSPS) is 19.0. The van der Waals surface area contributed by atoms with Gasteiger partial charge in [-0.05, 0) is 63.4 Å². The lowest BCUT2D eigenvalue weighted by atomic mass is 9.79. The molecule has 2 rings (SSSR count). The van der Waals surface area contributed by atoms with Crippen LogP contribution in [0.25, 0.3) is 0 Å². The number of rotatable bonds is 4. The van der Waals surface area contributed by atoms with Gasteiger partial charge in [0.2, 0.25) is 0 Å². The monoisotopic (exact) mass is 342 g/mol. The van der Waals surface area contributed by atoms with Crippen molar-refractivity contribution in [2.45, 2.75) is 77.8 Å². The molecule has 0 N–H and O–H groups in total. The van der Waals surface area contributed by atoms with Crippen molar-refractivity contribution in [3.63, 3.8) is 0 Å². The van der Waals surface area contributed by atoms with Crippen LogP contribution in [0.2, 0.25) is 18.1 Å². The van der Waals surface area contributed by atoms with Crippen molar-refractivity contribution >= 4 is 20.7 Å². The van der Waals surface area contributed by atoms with Crippen molar-refractivity contribution < 1.29 is 9.31 Å². The Labute approximate surface area is 149 Å². The average molecular weight is 342 g/mol. The van der Waals surface area contributed by atoms with Crippen LogP contribution >= 0.6 is 0 Å². The van der Waals surface area contributed by atoms with Crippen molar-refractivity contribution in [3.05, 3.63) is 29.8 Å². The lowest BCUT2D eigenvalue weighted by Crippen LogP contribution is -2.41. The summed E-state index contributed by atoms with van der Waals surface area (Å²) in [4.78, 5) is 0. The highest BCUT2D eigenvalue weighted by Gasteiger charge is 2.51. The highest BCUT2D eigenvalue weighted by Crippen LogP contribution is 2.36. The lowest BCUT2D eigenvalue weighted by molar-refractivity contribution is 0.00578. The minimum atomic E-state index is -1.39. The van der Waals surface area contributed by atoms with Crippen molar-refractivity contribution in [2.75, 3.05) is 0 Å². The molecule has 0 saturated carbocycles. The SMILES string of the molecule is CC[Si](C#Cc1ccc(B2OC(C)(C)C(C)(C)O2)cc1)(CC)CC. The molecule has 0 amide bonds. The fourth-order valence-corrected chi connectivity index (χ4v) is 5.36. The molecular formula is C20H31BO2Si. The van der Waals surface area contributed by atoms with Gasteiger partial charge in [-0.15, -0.1) is 5.54 Å². The summed E-state index contributed by atoms with van der Waals surface area (Å²) in [6.07, 6.45) is 0. The van der Waals surface area contributed by atoms with Gasteiger partial charge in [-0.2, -0.15) is 0 Å². The Kier molecular flexibility index (Phi) is 5.69. The smallest absolute Gasteiger partial charge is 0.399 e. The van der Waals surface area contributed by atoms with E-state index in [4.69, 9.17) is 9.31 Å². The fraction of sp³-hybridized carbons (Fsp3) is 0.600. The molecule has 0 unspecified atom stereocenters. The number of hydrogen-bond donors (Lipinski definition) is 0. The van der Waals surface area contributed by atoms with Gasteiger partial charge in [-0.25, -0.2) is 0 Å². The summed E-state index contributed by atoms with van der Waals surface area (Å²) < 4.78 is 12.2. The Morgan fingerprint density at radius 3 is 1.75 bits per heavy atom. The Bertz CT molecular complexity index is 597. The summed E-state index contributed by atoms with van der Waals surface area (Å²) in [6.45, 7) is 15.2. The van der Waals surface area contributed by atoms with Gasteiger partial charge in [0.15, 0.2) is 0 Å². The molecule has 1 saturated heterocycles. The minimum absolute atomic E-state index is 0.299. The first kappa shape index (κ1) is 19.3. The standard InChI is InChI=1S/C20H31BO2Si/c1-8-24(9-2,10-3)16-15-17-11-13-18(14-12-17)21-22-19(4,5)20(6,7)23-21/h11-14H,8-10H2,1-7H3. The number of hydrogen-bond acceptors (Lipinski definition) is 2. The van der Waals surface area contributed by atoms with Crippen LogP contribution < -0.4 is 5.46 Å². The summed E-state index contributed by atoms with van der Waals surface area (Å²) in [6, 6.07) is 12.1. The van der Waals surface area contributed by atoms with E-state index in [1.54, 1.807) is 0 Å². The van der Waals surface area contributed by atoms with Crippen LogP contribution in [-0.4, -0.2) is 26.4 Å². The molecule has 1 aliphatic heterocycles. The first-order valence-corrected chi connectivity index (χ1v) is 11.8. The summed E-state index contributed by atoms with van der Waals surface area (Å²) in [5.74, 6) is 3.42. The Morgan fingerprint density at radius 1 is 0.875 bits per heavy atom. The van der Waals surface area contributed by atoms with E-state index in [0.29, 0.717) is 0 Å². The summed E-state index contributed by atoms with van der Waals surface area (Å²) in [5, 5.41) is 0. The van der Waals surface area contributed by atoms with Gasteiger partial charge in [0.25, 0.3) is 0 Å². The van der Waals surface area contributed by atoms with E-state index in [1.807, 2.05) is 0 Å². The summed E-state index contributed by atoms with van der Waals surface area (Å²) in [5.41, 5.74) is 5.18. The van der Waals surface area contributed by atoms with Crippen LogP contribution in [0.15, 0.2) is 24.3 Å². The Hall–Kier alpha value is -1.02. The third-order valence-electron chi connectivity index (χ3n) is 5.94. The first-order valence-electron chi connectivity index (χ1n) is 9.17. The van der Waals surface area contributed by atoms with E-state index >= 15 is 0 Å². The van der Waals surface area contributed by atoms with Gasteiger partial charge in [-0.1, -0.05) is 38.8 Å². The van der Waals surface area contributed by atoms with Crippen molar-refractivity contribution in [3.8, 4) is 11.5 Å². The third kappa shape index (κ3) is 3.80. The molecule has 1 aromatic carbocycles. The maximum Gasteiger partial charge on any atom is 0.494 e. The average Bonchev–Trinajstić information content (AvgIpc) is 2.78. The molecule has 0 aliphatic carbocycles. The van der Waals surface area contributed by atoms with Gasteiger partial charge in [-0.3, -0.25) is 0 Å². The third-order valence-corrected chi connectivity index (χ3v) is 10.7. The molecule has 24 heavy (non-hydrogen) atoms. The van der Waals surface area contributed by atoms with Gasteiger partial charge in [0, 0.05) is 5.56 Å². The van der Waals surface area contributed by atoms with E-state index in [1.165, 1.54) is 18.1 Å². The molecule has 130 valence electrons. The van der Waals surface area contributed by atoms with Crippen LogP contribution in [0.3, 0.4) is 0 Å². The molecule has 1 aliphatic rings. The fourth-order valence-electron chi connectivity index (χ4n) is 2.92. The van der Waals surface area contributed by atoms with E-state index < -0.39 is 8.07 Å². The predicted molar refractivity (Wildman–Crippen MR) is 106 cm³/mol. The van der Waals surface area contributed by atoms with Crippen LogP contribution in [0.4, 0.5) is 0 Å². The van der Waals surface area contributed by atoms with E-state index in [2.05, 4.69) is 84.2 Å². The van der Waals surface area contributed by atoms with E-state index in [9.17, 15) is 0 Å². The molecule has 1 aromatic rings. The topological polar surface area (TPSA) is 18.5 Å². The van der Waals surface area contributed by atoms with Gasteiger partial charge in [0.1, 0.15) is 8.07 Å². The highest BCUT2D eigenvalue weighted by molar-refractivity contribution is 6.87. The van der Waals surface area contributed by atoms with E-state index in [-0.39, 0.29) is 18.3 Å². The molecule has 0 bridgehead atoms.